The van der Waals surface area contributed by atoms with Crippen LogP contribution in [-0.2, 0) is 15.3 Å². The Morgan fingerprint density at radius 1 is 1.07 bits per heavy atom. The highest BCUT2D eigenvalue weighted by atomic mass is 16.7. The number of hydrogen-bond acceptors (Lipinski definition) is 2. The molecule has 1 aliphatic heterocycles. The smallest absolute Gasteiger partial charge is 0.214 e. The van der Waals surface area contributed by atoms with Crippen molar-refractivity contribution in [1.29, 1.82) is 0 Å². The zero-order valence-electron chi connectivity index (χ0n) is 8.82. The highest BCUT2D eigenvalue weighted by Gasteiger charge is 2.31. The highest BCUT2D eigenvalue weighted by Crippen LogP contribution is 2.30. The van der Waals surface area contributed by atoms with E-state index in [2.05, 4.69) is 6.58 Å². The third-order valence-electron chi connectivity index (χ3n) is 2.62. The van der Waals surface area contributed by atoms with Crippen molar-refractivity contribution in [2.24, 2.45) is 0 Å². The molecule has 1 fully saturated rings. The van der Waals surface area contributed by atoms with Crippen LogP contribution >= 0.6 is 0 Å². The third-order valence-corrected chi connectivity index (χ3v) is 2.62. The van der Waals surface area contributed by atoms with Crippen molar-refractivity contribution in [1.82, 2.24) is 0 Å². The van der Waals surface area contributed by atoms with Crippen molar-refractivity contribution in [3.8, 4) is 0 Å². The Balaban J connectivity index is 2.31. The molecule has 0 amide bonds. The first-order chi connectivity index (χ1) is 7.37. The maximum atomic E-state index is 5.79. The van der Waals surface area contributed by atoms with Gasteiger partial charge in [0.1, 0.15) is 0 Å². The summed E-state index contributed by atoms with van der Waals surface area (Å²) in [6, 6.07) is 9.97. The first kappa shape index (κ1) is 10.4. The lowest BCUT2D eigenvalue weighted by Crippen LogP contribution is -2.29. The molecule has 0 bridgehead atoms. The van der Waals surface area contributed by atoms with Crippen LogP contribution in [0.1, 0.15) is 18.4 Å². The van der Waals surface area contributed by atoms with Crippen LogP contribution in [0.4, 0.5) is 0 Å². The van der Waals surface area contributed by atoms with Crippen LogP contribution in [0.25, 0.3) is 0 Å². The van der Waals surface area contributed by atoms with Gasteiger partial charge in [0.25, 0.3) is 0 Å². The summed E-state index contributed by atoms with van der Waals surface area (Å²) in [6.07, 6.45) is 3.83. The van der Waals surface area contributed by atoms with Gasteiger partial charge in [-0.3, -0.25) is 0 Å². The molecule has 0 unspecified atom stereocenters. The van der Waals surface area contributed by atoms with Gasteiger partial charge in [-0.1, -0.05) is 36.9 Å². The second-order valence-electron chi connectivity index (χ2n) is 3.64. The van der Waals surface area contributed by atoms with E-state index in [4.69, 9.17) is 9.47 Å². The van der Waals surface area contributed by atoms with Crippen LogP contribution in [0.2, 0.25) is 0 Å². The molecule has 1 aromatic carbocycles. The van der Waals surface area contributed by atoms with Gasteiger partial charge in [-0.25, -0.2) is 0 Å². The van der Waals surface area contributed by atoms with Crippen LogP contribution in [-0.4, -0.2) is 13.2 Å². The lowest BCUT2D eigenvalue weighted by molar-refractivity contribution is -0.198. The molecule has 1 heterocycles. The zero-order chi connectivity index (χ0) is 10.6. The summed E-state index contributed by atoms with van der Waals surface area (Å²) in [6.45, 7) is 5.27. The summed E-state index contributed by atoms with van der Waals surface area (Å²) in [7, 11) is 0. The van der Waals surface area contributed by atoms with E-state index in [1.807, 2.05) is 30.3 Å². The van der Waals surface area contributed by atoms with E-state index in [0.717, 1.165) is 31.6 Å². The number of benzene rings is 1. The van der Waals surface area contributed by atoms with E-state index in [1.165, 1.54) is 0 Å². The van der Waals surface area contributed by atoms with Crippen LogP contribution in [0.15, 0.2) is 43.0 Å². The van der Waals surface area contributed by atoms with Gasteiger partial charge in [0, 0.05) is 5.56 Å². The molecular weight excluding hydrogens is 188 g/mol. The van der Waals surface area contributed by atoms with Crippen molar-refractivity contribution >= 4 is 0 Å². The Bertz CT molecular complexity index is 311. The topological polar surface area (TPSA) is 18.5 Å². The summed E-state index contributed by atoms with van der Waals surface area (Å²) >= 11 is 0. The molecule has 2 rings (SSSR count). The highest BCUT2D eigenvalue weighted by molar-refractivity contribution is 5.24. The van der Waals surface area contributed by atoms with E-state index < -0.39 is 5.79 Å². The molecule has 2 heteroatoms. The Labute approximate surface area is 90.5 Å². The average Bonchev–Trinajstić information content (AvgIpc) is 2.56. The zero-order valence-corrected chi connectivity index (χ0v) is 8.82. The van der Waals surface area contributed by atoms with Crippen LogP contribution in [0.5, 0.6) is 0 Å². The predicted molar refractivity (Wildman–Crippen MR) is 59.5 cm³/mol. The third kappa shape index (κ3) is 2.11. The maximum absolute atomic E-state index is 5.79. The first-order valence-corrected chi connectivity index (χ1v) is 5.34. The van der Waals surface area contributed by atoms with Gasteiger partial charge >= 0.3 is 0 Å². The minimum atomic E-state index is -0.738. The molecule has 1 aromatic rings. The van der Waals surface area contributed by atoms with Gasteiger partial charge in [-0.2, -0.15) is 0 Å². The first-order valence-electron chi connectivity index (χ1n) is 5.34. The van der Waals surface area contributed by atoms with Crippen LogP contribution < -0.4 is 0 Å². The molecule has 0 radical (unpaired) electrons. The molecule has 0 atom stereocenters. The molecule has 0 aliphatic carbocycles. The summed E-state index contributed by atoms with van der Waals surface area (Å²) in [5, 5.41) is 0. The lowest BCUT2D eigenvalue weighted by atomic mass is 10.1. The summed E-state index contributed by atoms with van der Waals surface area (Å²) < 4.78 is 11.6. The fourth-order valence-corrected chi connectivity index (χ4v) is 1.77. The summed E-state index contributed by atoms with van der Waals surface area (Å²) in [4.78, 5) is 0. The lowest BCUT2D eigenvalue weighted by Gasteiger charge is -2.29. The summed E-state index contributed by atoms with van der Waals surface area (Å²) in [5.74, 6) is -0.738. The van der Waals surface area contributed by atoms with E-state index in [1.54, 1.807) is 6.08 Å². The number of ether oxygens (including phenoxy) is 2. The Morgan fingerprint density at radius 3 is 2.20 bits per heavy atom. The van der Waals surface area contributed by atoms with Gasteiger partial charge < -0.3 is 9.47 Å². The average molecular weight is 204 g/mol. The van der Waals surface area contributed by atoms with E-state index in [9.17, 15) is 0 Å². The Kier molecular flexibility index (Phi) is 3.19. The van der Waals surface area contributed by atoms with Gasteiger partial charge in [-0.05, 0) is 18.9 Å². The van der Waals surface area contributed by atoms with Crippen molar-refractivity contribution in [3.63, 3.8) is 0 Å². The van der Waals surface area contributed by atoms with E-state index in [0.29, 0.717) is 0 Å². The second-order valence-corrected chi connectivity index (χ2v) is 3.64. The summed E-state index contributed by atoms with van der Waals surface area (Å²) in [5.41, 5.74) is 1.02. The normalized spacial score (nSPS) is 20.5. The second kappa shape index (κ2) is 4.60. The molecule has 80 valence electrons. The predicted octanol–water partition coefficient (Wildman–Crippen LogP) is 2.85. The fraction of sp³-hybridized carbons (Fsp3) is 0.385. The molecular formula is C13H16O2. The quantitative estimate of drug-likeness (QED) is 0.690. The van der Waals surface area contributed by atoms with Gasteiger partial charge in [0.2, 0.25) is 5.79 Å². The largest absolute Gasteiger partial charge is 0.343 e. The molecule has 0 N–H and O–H groups in total. The van der Waals surface area contributed by atoms with Crippen molar-refractivity contribution < 1.29 is 9.47 Å². The Hall–Kier alpha value is -1.12. The van der Waals surface area contributed by atoms with Crippen LogP contribution in [0.3, 0.4) is 0 Å². The molecule has 1 saturated heterocycles. The van der Waals surface area contributed by atoms with Crippen molar-refractivity contribution in [3.05, 3.63) is 48.6 Å². The Morgan fingerprint density at radius 2 is 1.67 bits per heavy atom. The fourth-order valence-electron chi connectivity index (χ4n) is 1.77. The molecule has 0 aromatic heterocycles. The standard InChI is InChI=1S/C13H16O2/c1-2-13(12-8-4-3-5-9-12)14-10-6-7-11-15-13/h2-5,8-9H,1,6-7,10-11H2. The van der Waals surface area contributed by atoms with Crippen molar-refractivity contribution in [2.45, 2.75) is 18.6 Å². The minimum absolute atomic E-state index is 0.723. The maximum Gasteiger partial charge on any atom is 0.214 e. The van der Waals surface area contributed by atoms with Crippen molar-refractivity contribution in [2.75, 3.05) is 13.2 Å². The molecule has 15 heavy (non-hydrogen) atoms. The molecule has 0 saturated carbocycles. The molecule has 0 spiro atoms. The number of hydrogen-bond donors (Lipinski definition) is 0. The van der Waals surface area contributed by atoms with E-state index >= 15 is 0 Å². The monoisotopic (exact) mass is 204 g/mol. The number of rotatable bonds is 2. The SMILES string of the molecule is C=CC1(c2ccccc2)OCCCCO1. The van der Waals surface area contributed by atoms with E-state index in [-0.39, 0.29) is 0 Å². The van der Waals surface area contributed by atoms with Gasteiger partial charge in [-0.15, -0.1) is 0 Å². The van der Waals surface area contributed by atoms with Crippen LogP contribution in [0, 0.1) is 0 Å². The van der Waals surface area contributed by atoms with Gasteiger partial charge in [0.15, 0.2) is 0 Å². The minimum Gasteiger partial charge on any atom is -0.343 e. The van der Waals surface area contributed by atoms with Gasteiger partial charge in [0.05, 0.1) is 13.2 Å². The molecule has 2 nitrogen and oxygen atoms in total. The molecule has 1 aliphatic rings.